The maximum atomic E-state index is 4.83. The smallest absolute Gasteiger partial charge is 0.186 e. The van der Waals surface area contributed by atoms with Gasteiger partial charge in [0.2, 0.25) is 0 Å². The predicted molar refractivity (Wildman–Crippen MR) is 106 cm³/mol. The van der Waals surface area contributed by atoms with Gasteiger partial charge in [-0.05, 0) is 66.9 Å². The molecule has 1 aliphatic rings. The second-order valence-corrected chi connectivity index (χ2v) is 8.17. The molecule has 0 radical (unpaired) electrons. The number of para-hydroxylation sites is 1. The van der Waals surface area contributed by atoms with E-state index in [0.29, 0.717) is 0 Å². The fraction of sp³-hybridized carbons (Fsp3) is 0.421. The highest BCUT2D eigenvalue weighted by molar-refractivity contribution is 7.22. The third kappa shape index (κ3) is 3.79. The molecule has 2 aromatic heterocycles. The van der Waals surface area contributed by atoms with E-state index in [1.165, 1.54) is 47.7 Å². The average Bonchev–Trinajstić information content (AvgIpc) is 3.20. The van der Waals surface area contributed by atoms with Crippen LogP contribution in [0, 0.1) is 0 Å². The number of benzene rings is 1. The van der Waals surface area contributed by atoms with Crippen molar-refractivity contribution >= 4 is 38.0 Å². The minimum absolute atomic E-state index is 1.10. The van der Waals surface area contributed by atoms with Gasteiger partial charge in [0, 0.05) is 19.6 Å². The Morgan fingerprint density at radius 2 is 2.00 bits per heavy atom. The van der Waals surface area contributed by atoms with Crippen LogP contribution in [0.5, 0.6) is 0 Å². The minimum Gasteiger partial charge on any atom is -0.347 e. The molecule has 0 N–H and O–H groups in total. The largest absolute Gasteiger partial charge is 0.347 e. The van der Waals surface area contributed by atoms with Crippen LogP contribution >= 0.6 is 22.7 Å². The number of thiophene rings is 1. The SMILES string of the molecule is c1ccc2sc(N3CCCN(CCCc4ccsc4)CC3)nc2c1. The van der Waals surface area contributed by atoms with Crippen LogP contribution in [0.1, 0.15) is 18.4 Å². The van der Waals surface area contributed by atoms with E-state index in [-0.39, 0.29) is 0 Å². The summed E-state index contributed by atoms with van der Waals surface area (Å²) < 4.78 is 1.30. The Morgan fingerprint density at radius 3 is 2.88 bits per heavy atom. The van der Waals surface area contributed by atoms with Crippen LogP contribution in [-0.2, 0) is 6.42 Å². The molecule has 0 saturated carbocycles. The highest BCUT2D eigenvalue weighted by Crippen LogP contribution is 2.29. The molecular formula is C19H23N3S2. The zero-order chi connectivity index (χ0) is 16.2. The van der Waals surface area contributed by atoms with E-state index >= 15 is 0 Å². The lowest BCUT2D eigenvalue weighted by Gasteiger charge is -2.21. The fourth-order valence-corrected chi connectivity index (χ4v) is 5.04. The molecule has 1 saturated heterocycles. The summed E-state index contributed by atoms with van der Waals surface area (Å²) in [5, 5.41) is 5.64. The van der Waals surface area contributed by atoms with Crippen LogP contribution in [0.4, 0.5) is 5.13 Å². The number of hydrogen-bond donors (Lipinski definition) is 0. The number of fused-ring (bicyclic) bond motifs is 1. The van der Waals surface area contributed by atoms with Crippen molar-refractivity contribution in [2.24, 2.45) is 0 Å². The minimum atomic E-state index is 1.10. The third-order valence-corrected chi connectivity index (χ3v) is 6.49. The molecule has 1 aromatic carbocycles. The molecule has 126 valence electrons. The Morgan fingerprint density at radius 1 is 1.04 bits per heavy atom. The summed E-state index contributed by atoms with van der Waals surface area (Å²) in [6.07, 6.45) is 3.70. The van der Waals surface area contributed by atoms with Gasteiger partial charge < -0.3 is 9.80 Å². The van der Waals surface area contributed by atoms with E-state index in [9.17, 15) is 0 Å². The summed E-state index contributed by atoms with van der Waals surface area (Å²) in [5.74, 6) is 0. The van der Waals surface area contributed by atoms with Gasteiger partial charge in [-0.1, -0.05) is 23.5 Å². The summed E-state index contributed by atoms with van der Waals surface area (Å²) in [6.45, 7) is 5.80. The molecule has 0 aliphatic carbocycles. The van der Waals surface area contributed by atoms with Gasteiger partial charge in [0.15, 0.2) is 5.13 Å². The number of aromatic nitrogens is 1. The number of aryl methyl sites for hydroxylation is 1. The molecule has 0 atom stereocenters. The van der Waals surface area contributed by atoms with Crippen molar-refractivity contribution in [3.8, 4) is 0 Å². The Labute approximate surface area is 151 Å². The first kappa shape index (κ1) is 16.1. The second-order valence-electron chi connectivity index (χ2n) is 6.38. The lowest BCUT2D eigenvalue weighted by molar-refractivity contribution is 0.290. The molecule has 1 aliphatic heterocycles. The van der Waals surface area contributed by atoms with E-state index < -0.39 is 0 Å². The highest BCUT2D eigenvalue weighted by Gasteiger charge is 2.17. The van der Waals surface area contributed by atoms with Gasteiger partial charge in [-0.3, -0.25) is 0 Å². The van der Waals surface area contributed by atoms with E-state index in [4.69, 9.17) is 4.98 Å². The first-order valence-electron chi connectivity index (χ1n) is 8.72. The number of anilines is 1. The van der Waals surface area contributed by atoms with Crippen molar-refractivity contribution in [1.82, 2.24) is 9.88 Å². The van der Waals surface area contributed by atoms with Gasteiger partial charge in [-0.2, -0.15) is 11.3 Å². The van der Waals surface area contributed by atoms with Gasteiger partial charge in [0.05, 0.1) is 10.2 Å². The van der Waals surface area contributed by atoms with Crippen molar-refractivity contribution < 1.29 is 0 Å². The highest BCUT2D eigenvalue weighted by atomic mass is 32.1. The monoisotopic (exact) mass is 357 g/mol. The topological polar surface area (TPSA) is 19.4 Å². The molecule has 3 nitrogen and oxygen atoms in total. The standard InChI is InChI=1S/C19H23N3S2/c1-2-7-18-17(6-1)20-19(24-18)22-11-4-10-21(12-13-22)9-3-5-16-8-14-23-15-16/h1-2,6-8,14-15H,3-5,9-13H2. The van der Waals surface area contributed by atoms with Crippen molar-refractivity contribution in [3.63, 3.8) is 0 Å². The quantitative estimate of drug-likeness (QED) is 0.670. The molecule has 24 heavy (non-hydrogen) atoms. The van der Waals surface area contributed by atoms with Crippen LogP contribution in [0.3, 0.4) is 0 Å². The van der Waals surface area contributed by atoms with E-state index in [2.05, 4.69) is 50.9 Å². The Balaban J connectivity index is 1.32. The summed E-state index contributed by atoms with van der Waals surface area (Å²) in [5.41, 5.74) is 2.63. The third-order valence-electron chi connectivity index (χ3n) is 4.66. The van der Waals surface area contributed by atoms with Gasteiger partial charge in [0.1, 0.15) is 0 Å². The number of rotatable bonds is 5. The molecule has 3 aromatic rings. The van der Waals surface area contributed by atoms with Gasteiger partial charge >= 0.3 is 0 Å². The van der Waals surface area contributed by atoms with Crippen molar-refractivity contribution in [1.29, 1.82) is 0 Å². The van der Waals surface area contributed by atoms with E-state index in [0.717, 1.165) is 25.2 Å². The van der Waals surface area contributed by atoms with Crippen LogP contribution in [0.15, 0.2) is 41.1 Å². The summed E-state index contributed by atoms with van der Waals surface area (Å²) in [7, 11) is 0. The van der Waals surface area contributed by atoms with E-state index in [1.807, 2.05) is 11.3 Å². The zero-order valence-electron chi connectivity index (χ0n) is 13.9. The molecule has 3 heterocycles. The Hall–Kier alpha value is -1.43. The van der Waals surface area contributed by atoms with Crippen molar-refractivity contribution in [3.05, 3.63) is 46.7 Å². The molecule has 0 amide bonds. The number of thiazole rings is 1. The number of hydrogen-bond acceptors (Lipinski definition) is 5. The van der Waals surface area contributed by atoms with Crippen molar-refractivity contribution in [2.75, 3.05) is 37.6 Å². The van der Waals surface area contributed by atoms with Gasteiger partial charge in [-0.25, -0.2) is 4.98 Å². The Kier molecular flexibility index (Phi) is 5.11. The second kappa shape index (κ2) is 7.64. The summed E-state index contributed by atoms with van der Waals surface area (Å²) in [4.78, 5) is 9.93. The van der Waals surface area contributed by atoms with Gasteiger partial charge in [-0.15, -0.1) is 0 Å². The summed E-state index contributed by atoms with van der Waals surface area (Å²) >= 11 is 3.63. The molecular weight excluding hydrogens is 334 g/mol. The maximum absolute atomic E-state index is 4.83. The van der Waals surface area contributed by atoms with E-state index in [1.54, 1.807) is 11.3 Å². The number of nitrogens with zero attached hydrogens (tertiary/aromatic N) is 3. The molecule has 1 fully saturated rings. The lowest BCUT2D eigenvalue weighted by Crippen LogP contribution is -2.31. The zero-order valence-corrected chi connectivity index (χ0v) is 15.5. The molecule has 0 bridgehead atoms. The summed E-state index contributed by atoms with van der Waals surface area (Å²) in [6, 6.07) is 10.7. The maximum Gasteiger partial charge on any atom is 0.186 e. The van der Waals surface area contributed by atoms with Crippen molar-refractivity contribution in [2.45, 2.75) is 19.3 Å². The normalized spacial score (nSPS) is 16.6. The molecule has 4 rings (SSSR count). The first-order valence-corrected chi connectivity index (χ1v) is 10.5. The molecule has 0 unspecified atom stereocenters. The van der Waals surface area contributed by atoms with Crippen LogP contribution in [0.25, 0.3) is 10.2 Å². The van der Waals surface area contributed by atoms with Crippen LogP contribution in [-0.4, -0.2) is 42.6 Å². The average molecular weight is 358 g/mol. The first-order chi connectivity index (χ1) is 11.9. The van der Waals surface area contributed by atoms with Gasteiger partial charge in [0.25, 0.3) is 0 Å². The predicted octanol–water partition coefficient (Wildman–Crippen LogP) is 4.50. The Bertz CT molecular complexity index is 733. The van der Waals surface area contributed by atoms with Crippen LogP contribution in [0.2, 0.25) is 0 Å². The van der Waals surface area contributed by atoms with Crippen LogP contribution < -0.4 is 4.90 Å². The lowest BCUT2D eigenvalue weighted by atomic mass is 10.2. The molecule has 0 spiro atoms. The fourth-order valence-electron chi connectivity index (χ4n) is 3.32. The molecule has 5 heteroatoms.